The quantitative estimate of drug-likeness (QED) is 0.224. The molecule has 0 aliphatic carbocycles. The number of methoxy groups -OCH3 is 1. The Morgan fingerprint density at radius 2 is 2.00 bits per heavy atom. The fourth-order valence-electron chi connectivity index (χ4n) is 3.86. The van der Waals surface area contributed by atoms with E-state index in [4.69, 9.17) is 26.5 Å². The first-order valence-electron chi connectivity index (χ1n) is 11.1. The minimum Gasteiger partial charge on any atom is -0.493 e. The number of fused-ring (bicyclic) bond motifs is 1. The van der Waals surface area contributed by atoms with E-state index in [1.165, 1.54) is 11.8 Å². The van der Waals surface area contributed by atoms with Gasteiger partial charge in [0.2, 0.25) is 0 Å². The molecule has 3 heterocycles. The van der Waals surface area contributed by atoms with Gasteiger partial charge in [-0.25, -0.2) is 4.68 Å². The van der Waals surface area contributed by atoms with Gasteiger partial charge in [-0.1, -0.05) is 67.7 Å². The van der Waals surface area contributed by atoms with Gasteiger partial charge in [0.1, 0.15) is 10.0 Å². The Hall–Kier alpha value is -3.36. The van der Waals surface area contributed by atoms with Crippen molar-refractivity contribution in [3.05, 3.63) is 71.3 Å². The van der Waals surface area contributed by atoms with E-state index < -0.39 is 0 Å². The number of amides is 1. The lowest BCUT2D eigenvalue weighted by Crippen LogP contribution is -2.28. The average Bonchev–Trinajstić information content (AvgIpc) is 3.54. The first kappa shape index (κ1) is 22.4. The molecule has 8 heteroatoms. The number of thioether (sulfide) groups is 1. The molecule has 172 valence electrons. The maximum absolute atomic E-state index is 13.1. The van der Waals surface area contributed by atoms with Crippen LogP contribution in [0.15, 0.2) is 70.1 Å². The second-order valence-corrected chi connectivity index (χ2v) is 9.57. The van der Waals surface area contributed by atoms with Gasteiger partial charge >= 0.3 is 0 Å². The van der Waals surface area contributed by atoms with Gasteiger partial charge in [-0.15, -0.1) is 0 Å². The van der Waals surface area contributed by atoms with Crippen molar-refractivity contribution in [2.75, 3.05) is 13.7 Å². The van der Waals surface area contributed by atoms with Crippen LogP contribution in [0.1, 0.15) is 25.3 Å². The summed E-state index contributed by atoms with van der Waals surface area (Å²) in [6, 6.07) is 17.5. The molecule has 0 radical (unpaired) electrons. The minimum absolute atomic E-state index is 0.0619. The van der Waals surface area contributed by atoms with Gasteiger partial charge in [0.15, 0.2) is 17.1 Å². The SMILES string of the molecule is CCCCN1C(=O)/C(=C/c2cn(-c3ccccc3)nc2-c2cc3cccc(OC)c3o2)SC1=S. The second-order valence-electron chi connectivity index (χ2n) is 7.89. The smallest absolute Gasteiger partial charge is 0.266 e. The Bertz CT molecular complexity index is 1410. The zero-order chi connectivity index (χ0) is 23.7. The highest BCUT2D eigenvalue weighted by atomic mass is 32.2. The maximum atomic E-state index is 13.1. The predicted molar refractivity (Wildman–Crippen MR) is 140 cm³/mol. The summed E-state index contributed by atoms with van der Waals surface area (Å²) in [5.74, 6) is 1.19. The molecule has 0 N–H and O–H groups in total. The van der Waals surface area contributed by atoms with Crippen LogP contribution in [0, 0.1) is 0 Å². The lowest BCUT2D eigenvalue weighted by Gasteiger charge is -2.12. The van der Waals surface area contributed by atoms with Gasteiger partial charge in [-0.3, -0.25) is 9.69 Å². The van der Waals surface area contributed by atoms with Crippen LogP contribution in [-0.2, 0) is 4.79 Å². The van der Waals surface area contributed by atoms with E-state index in [0.717, 1.165) is 29.5 Å². The van der Waals surface area contributed by atoms with Gasteiger partial charge < -0.3 is 9.15 Å². The van der Waals surface area contributed by atoms with Gasteiger partial charge in [-0.2, -0.15) is 5.10 Å². The Balaban J connectivity index is 1.61. The van der Waals surface area contributed by atoms with Crippen LogP contribution < -0.4 is 4.74 Å². The molecule has 4 aromatic rings. The third-order valence-electron chi connectivity index (χ3n) is 5.62. The van der Waals surface area contributed by atoms with Crippen molar-refractivity contribution in [2.24, 2.45) is 0 Å². The van der Waals surface area contributed by atoms with Gasteiger partial charge in [0, 0.05) is 23.7 Å². The van der Waals surface area contributed by atoms with Crippen LogP contribution >= 0.6 is 24.0 Å². The highest BCUT2D eigenvalue weighted by Crippen LogP contribution is 2.37. The van der Waals surface area contributed by atoms with Crippen molar-refractivity contribution in [1.82, 2.24) is 14.7 Å². The predicted octanol–water partition coefficient (Wildman–Crippen LogP) is 6.30. The van der Waals surface area contributed by atoms with Crippen molar-refractivity contribution in [3.63, 3.8) is 0 Å². The standard InChI is InChI=1S/C26H23N3O3S2/c1-3-4-13-28-25(30)22(34-26(28)33)15-18-16-29(19-10-6-5-7-11-19)27-23(18)21-14-17-9-8-12-20(31-2)24(17)32-21/h5-12,14-16H,3-4,13H2,1-2H3/b22-15-. The number of furan rings is 1. The molecule has 0 saturated carbocycles. The summed E-state index contributed by atoms with van der Waals surface area (Å²) in [5, 5.41) is 5.74. The van der Waals surface area contributed by atoms with Crippen molar-refractivity contribution in [2.45, 2.75) is 19.8 Å². The summed E-state index contributed by atoms with van der Waals surface area (Å²) >= 11 is 6.81. The molecule has 0 atom stereocenters. The Labute approximate surface area is 207 Å². The highest BCUT2D eigenvalue weighted by molar-refractivity contribution is 8.26. The van der Waals surface area contributed by atoms with Crippen LogP contribution in [-0.4, -0.2) is 38.6 Å². The number of hydrogen-bond donors (Lipinski definition) is 0. The molecule has 1 aliphatic heterocycles. The number of benzene rings is 2. The molecule has 5 rings (SSSR count). The molecule has 6 nitrogen and oxygen atoms in total. The number of para-hydroxylation sites is 2. The average molecular weight is 490 g/mol. The Kier molecular flexibility index (Phi) is 6.26. The van der Waals surface area contributed by atoms with E-state index in [1.807, 2.05) is 66.9 Å². The molecule has 1 aliphatic rings. The monoisotopic (exact) mass is 489 g/mol. The third-order valence-corrected chi connectivity index (χ3v) is 7.00. The fraction of sp³-hybridized carbons (Fsp3) is 0.192. The van der Waals surface area contributed by atoms with Crippen LogP contribution in [0.5, 0.6) is 5.75 Å². The Morgan fingerprint density at radius 1 is 1.18 bits per heavy atom. The van der Waals surface area contributed by atoms with E-state index in [2.05, 4.69) is 6.92 Å². The van der Waals surface area contributed by atoms with Crippen molar-refractivity contribution in [3.8, 4) is 22.9 Å². The topological polar surface area (TPSA) is 60.5 Å². The molecule has 1 amide bonds. The van der Waals surface area contributed by atoms with E-state index in [0.29, 0.717) is 38.6 Å². The van der Waals surface area contributed by atoms with Gasteiger partial charge in [0.25, 0.3) is 5.91 Å². The molecular formula is C26H23N3O3S2. The van der Waals surface area contributed by atoms with E-state index in [-0.39, 0.29) is 5.91 Å². The Morgan fingerprint density at radius 3 is 2.76 bits per heavy atom. The lowest BCUT2D eigenvalue weighted by atomic mass is 10.1. The summed E-state index contributed by atoms with van der Waals surface area (Å²) in [5.41, 5.74) is 2.98. The highest BCUT2D eigenvalue weighted by Gasteiger charge is 2.32. The molecule has 2 aromatic carbocycles. The van der Waals surface area contributed by atoms with Gasteiger partial charge in [0.05, 0.1) is 17.7 Å². The number of unbranched alkanes of at least 4 members (excludes halogenated alkanes) is 1. The lowest BCUT2D eigenvalue weighted by molar-refractivity contribution is -0.122. The minimum atomic E-state index is -0.0619. The number of aromatic nitrogens is 2. The van der Waals surface area contributed by atoms with Crippen molar-refractivity contribution >= 4 is 51.3 Å². The van der Waals surface area contributed by atoms with Crippen LogP contribution in [0.25, 0.3) is 34.2 Å². The zero-order valence-corrected chi connectivity index (χ0v) is 20.5. The number of ether oxygens (including phenoxy) is 1. The van der Waals surface area contributed by atoms with Crippen LogP contribution in [0.4, 0.5) is 0 Å². The number of thiocarbonyl (C=S) groups is 1. The molecule has 2 aromatic heterocycles. The summed E-state index contributed by atoms with van der Waals surface area (Å²) in [6.07, 6.45) is 5.68. The number of rotatable bonds is 7. The molecule has 1 saturated heterocycles. The van der Waals surface area contributed by atoms with E-state index in [9.17, 15) is 4.79 Å². The molecule has 1 fully saturated rings. The third kappa shape index (κ3) is 4.15. The van der Waals surface area contributed by atoms with Crippen molar-refractivity contribution < 1.29 is 13.9 Å². The van der Waals surface area contributed by atoms with Crippen molar-refractivity contribution in [1.29, 1.82) is 0 Å². The van der Waals surface area contributed by atoms with Crippen LogP contribution in [0.2, 0.25) is 0 Å². The molecule has 34 heavy (non-hydrogen) atoms. The van der Waals surface area contributed by atoms with E-state index >= 15 is 0 Å². The maximum Gasteiger partial charge on any atom is 0.266 e. The zero-order valence-electron chi connectivity index (χ0n) is 18.9. The first-order chi connectivity index (χ1) is 16.6. The normalized spacial score (nSPS) is 15.1. The number of hydrogen-bond acceptors (Lipinski definition) is 6. The molecule has 0 bridgehead atoms. The summed E-state index contributed by atoms with van der Waals surface area (Å²) in [4.78, 5) is 15.3. The van der Waals surface area contributed by atoms with Gasteiger partial charge in [-0.05, 0) is 36.8 Å². The second kappa shape index (κ2) is 9.48. The molecule has 0 spiro atoms. The summed E-state index contributed by atoms with van der Waals surface area (Å²) < 4.78 is 14.0. The molecular weight excluding hydrogens is 466 g/mol. The number of carbonyl (C=O) groups excluding carboxylic acids is 1. The summed E-state index contributed by atoms with van der Waals surface area (Å²) in [6.45, 7) is 2.73. The first-order valence-corrected chi connectivity index (χ1v) is 12.3. The number of carbonyl (C=O) groups is 1. The van der Waals surface area contributed by atoms with E-state index in [1.54, 1.807) is 16.7 Å². The van der Waals surface area contributed by atoms with Crippen LogP contribution in [0.3, 0.4) is 0 Å². The number of nitrogens with zero attached hydrogens (tertiary/aromatic N) is 3. The summed E-state index contributed by atoms with van der Waals surface area (Å²) in [7, 11) is 1.62. The fourth-order valence-corrected chi connectivity index (χ4v) is 5.16. The molecule has 0 unspecified atom stereocenters. The largest absolute Gasteiger partial charge is 0.493 e.